The summed E-state index contributed by atoms with van der Waals surface area (Å²) >= 11 is 0. The number of carbonyl (C=O) groups is 1. The van der Waals surface area contributed by atoms with Gasteiger partial charge in [0.1, 0.15) is 5.75 Å². The van der Waals surface area contributed by atoms with Gasteiger partial charge in [0.2, 0.25) is 0 Å². The number of methoxy groups -OCH3 is 1. The second-order valence-electron chi connectivity index (χ2n) is 3.38. The molecule has 0 spiro atoms. The van der Waals surface area contributed by atoms with Crippen molar-refractivity contribution in [3.8, 4) is 5.75 Å². The van der Waals surface area contributed by atoms with Crippen molar-refractivity contribution < 1.29 is 19.7 Å². The maximum Gasteiger partial charge on any atom is 0.310 e. The van der Waals surface area contributed by atoms with Gasteiger partial charge >= 0.3 is 5.97 Å². The van der Waals surface area contributed by atoms with Gasteiger partial charge in [0.15, 0.2) is 0 Å². The average Bonchev–Trinajstić information content (AvgIpc) is 2.20. The highest BCUT2D eigenvalue weighted by Gasteiger charge is 2.14. The van der Waals surface area contributed by atoms with Crippen molar-refractivity contribution in [2.45, 2.75) is 19.4 Å². The number of rotatable bonds is 4. The summed E-state index contributed by atoms with van der Waals surface area (Å²) in [7, 11) is 1.53. The van der Waals surface area contributed by atoms with E-state index in [-0.39, 0.29) is 5.75 Å². The molecule has 0 aliphatic heterocycles. The number of ether oxygens (including phenoxy) is 1. The highest BCUT2D eigenvalue weighted by Crippen LogP contribution is 2.24. The molecule has 15 heavy (non-hydrogen) atoms. The van der Waals surface area contributed by atoms with Crippen LogP contribution in [0.4, 0.5) is 0 Å². The molecule has 4 heteroatoms. The van der Waals surface area contributed by atoms with E-state index in [2.05, 4.69) is 0 Å². The van der Waals surface area contributed by atoms with Crippen LogP contribution in [0.2, 0.25) is 0 Å². The summed E-state index contributed by atoms with van der Waals surface area (Å²) in [6.07, 6.45) is 0. The lowest BCUT2D eigenvalue weighted by atomic mass is 9.99. The van der Waals surface area contributed by atoms with E-state index in [4.69, 9.17) is 9.84 Å². The zero-order chi connectivity index (χ0) is 11.4. The van der Waals surface area contributed by atoms with Gasteiger partial charge in [0, 0.05) is 12.7 Å². The predicted molar refractivity (Wildman–Crippen MR) is 54.9 cm³/mol. The van der Waals surface area contributed by atoms with Crippen LogP contribution in [0.25, 0.3) is 0 Å². The molecule has 0 bridgehead atoms. The lowest BCUT2D eigenvalue weighted by molar-refractivity contribution is -0.138. The number of aliphatic carboxylic acids is 1. The molecular formula is C11H14O4. The number of phenols is 1. The summed E-state index contributed by atoms with van der Waals surface area (Å²) in [6.45, 7) is 1.89. The number of carboxylic acid groups (broad SMARTS) is 1. The Balaban J connectivity index is 2.95. The average molecular weight is 210 g/mol. The van der Waals surface area contributed by atoms with Crippen molar-refractivity contribution in [3.05, 3.63) is 29.3 Å². The molecule has 1 rings (SSSR count). The molecule has 0 aliphatic carbocycles. The number of aromatic hydroxyl groups is 1. The Morgan fingerprint density at radius 2 is 2.20 bits per heavy atom. The molecule has 0 radical (unpaired) electrons. The molecule has 2 N–H and O–H groups in total. The van der Waals surface area contributed by atoms with Crippen molar-refractivity contribution in [1.29, 1.82) is 0 Å². The largest absolute Gasteiger partial charge is 0.508 e. The summed E-state index contributed by atoms with van der Waals surface area (Å²) in [5, 5.41) is 18.4. The number of phenolic OH excluding ortho intramolecular Hbond substituents is 1. The topological polar surface area (TPSA) is 66.8 Å². The van der Waals surface area contributed by atoms with E-state index in [1.54, 1.807) is 19.1 Å². The molecule has 1 aromatic carbocycles. The lowest BCUT2D eigenvalue weighted by Gasteiger charge is -2.09. The zero-order valence-corrected chi connectivity index (χ0v) is 8.73. The number of hydrogen-bond donors (Lipinski definition) is 2. The van der Waals surface area contributed by atoms with Crippen LogP contribution in [0.1, 0.15) is 24.0 Å². The van der Waals surface area contributed by atoms with Crippen molar-refractivity contribution in [2.24, 2.45) is 0 Å². The van der Waals surface area contributed by atoms with Gasteiger partial charge in [-0.2, -0.15) is 0 Å². The van der Waals surface area contributed by atoms with Gasteiger partial charge in [0.05, 0.1) is 12.5 Å². The Morgan fingerprint density at radius 1 is 1.53 bits per heavy atom. The predicted octanol–water partition coefficient (Wildman–Crippen LogP) is 1.73. The summed E-state index contributed by atoms with van der Waals surface area (Å²) in [5.41, 5.74) is 1.23. The van der Waals surface area contributed by atoms with Crippen LogP contribution in [0.15, 0.2) is 18.2 Å². The third-order valence-electron chi connectivity index (χ3n) is 2.28. The standard InChI is InChI=1S/C11H14O4/c1-7(11(13)14)8-3-4-9(6-15-2)10(12)5-8/h3-5,7,12H,6H2,1-2H3,(H,13,14). The third-order valence-corrected chi connectivity index (χ3v) is 2.28. The normalized spacial score (nSPS) is 12.4. The lowest BCUT2D eigenvalue weighted by Crippen LogP contribution is -2.07. The van der Waals surface area contributed by atoms with E-state index in [1.807, 2.05) is 0 Å². The summed E-state index contributed by atoms with van der Waals surface area (Å²) in [6, 6.07) is 4.83. The third kappa shape index (κ3) is 2.70. The first-order chi connectivity index (χ1) is 7.06. The summed E-state index contributed by atoms with van der Waals surface area (Å²) in [5.74, 6) is -1.45. The van der Waals surface area contributed by atoms with Gasteiger partial charge in [-0.25, -0.2) is 0 Å². The fraction of sp³-hybridized carbons (Fsp3) is 0.364. The van der Waals surface area contributed by atoms with Gasteiger partial charge in [-0.05, 0) is 18.6 Å². The molecule has 0 amide bonds. The van der Waals surface area contributed by atoms with Crippen molar-refractivity contribution in [1.82, 2.24) is 0 Å². The fourth-order valence-corrected chi connectivity index (χ4v) is 1.27. The van der Waals surface area contributed by atoms with Crippen molar-refractivity contribution in [2.75, 3.05) is 7.11 Å². The summed E-state index contributed by atoms with van der Waals surface area (Å²) in [4.78, 5) is 10.7. The smallest absolute Gasteiger partial charge is 0.310 e. The molecular weight excluding hydrogens is 196 g/mol. The van der Waals surface area contributed by atoms with E-state index < -0.39 is 11.9 Å². The Kier molecular flexibility index (Phi) is 3.68. The van der Waals surface area contributed by atoms with Gasteiger partial charge in [-0.1, -0.05) is 12.1 Å². The minimum Gasteiger partial charge on any atom is -0.508 e. The monoisotopic (exact) mass is 210 g/mol. The summed E-state index contributed by atoms with van der Waals surface area (Å²) < 4.78 is 4.88. The molecule has 0 heterocycles. The van der Waals surface area contributed by atoms with Gasteiger partial charge in [-0.15, -0.1) is 0 Å². The highest BCUT2D eigenvalue weighted by molar-refractivity contribution is 5.75. The van der Waals surface area contributed by atoms with E-state index in [0.717, 1.165) is 0 Å². The van der Waals surface area contributed by atoms with Crippen molar-refractivity contribution in [3.63, 3.8) is 0 Å². The quantitative estimate of drug-likeness (QED) is 0.794. The molecule has 4 nitrogen and oxygen atoms in total. The maximum atomic E-state index is 10.7. The van der Waals surface area contributed by atoms with Crippen LogP contribution in [-0.4, -0.2) is 23.3 Å². The Labute approximate surface area is 88.1 Å². The van der Waals surface area contributed by atoms with Crippen LogP contribution in [-0.2, 0) is 16.1 Å². The molecule has 0 saturated carbocycles. The Bertz CT molecular complexity index is 360. The van der Waals surface area contributed by atoms with Gasteiger partial charge in [-0.3, -0.25) is 4.79 Å². The molecule has 1 unspecified atom stereocenters. The van der Waals surface area contributed by atoms with E-state index >= 15 is 0 Å². The van der Waals surface area contributed by atoms with E-state index in [1.165, 1.54) is 13.2 Å². The second kappa shape index (κ2) is 4.79. The van der Waals surface area contributed by atoms with E-state index in [0.29, 0.717) is 17.7 Å². The SMILES string of the molecule is COCc1ccc(C(C)C(=O)O)cc1O. The number of hydrogen-bond acceptors (Lipinski definition) is 3. The van der Waals surface area contributed by atoms with Crippen molar-refractivity contribution >= 4 is 5.97 Å². The van der Waals surface area contributed by atoms with Crippen LogP contribution >= 0.6 is 0 Å². The first kappa shape index (κ1) is 11.5. The maximum absolute atomic E-state index is 10.7. The fourth-order valence-electron chi connectivity index (χ4n) is 1.27. The van der Waals surface area contributed by atoms with E-state index in [9.17, 15) is 9.90 Å². The molecule has 0 aromatic heterocycles. The minimum atomic E-state index is -0.908. The minimum absolute atomic E-state index is 0.0717. The molecule has 0 aliphatic rings. The molecule has 82 valence electrons. The molecule has 1 atom stereocenters. The van der Waals surface area contributed by atoms with Crippen LogP contribution < -0.4 is 0 Å². The first-order valence-corrected chi connectivity index (χ1v) is 4.59. The van der Waals surface area contributed by atoms with Gasteiger partial charge in [0.25, 0.3) is 0 Å². The molecule has 0 fully saturated rings. The Hall–Kier alpha value is -1.55. The Morgan fingerprint density at radius 3 is 2.67 bits per heavy atom. The number of carboxylic acids is 1. The van der Waals surface area contributed by atoms with Crippen LogP contribution in [0.3, 0.4) is 0 Å². The number of benzene rings is 1. The highest BCUT2D eigenvalue weighted by atomic mass is 16.5. The zero-order valence-electron chi connectivity index (χ0n) is 8.73. The van der Waals surface area contributed by atoms with Gasteiger partial charge < -0.3 is 14.9 Å². The van der Waals surface area contributed by atoms with Crippen LogP contribution in [0.5, 0.6) is 5.75 Å². The van der Waals surface area contributed by atoms with Crippen LogP contribution in [0, 0.1) is 0 Å². The molecule has 1 aromatic rings. The first-order valence-electron chi connectivity index (χ1n) is 4.59. The second-order valence-corrected chi connectivity index (χ2v) is 3.38. The molecule has 0 saturated heterocycles.